The van der Waals surface area contributed by atoms with E-state index in [2.05, 4.69) is 42.4 Å². The maximum atomic E-state index is 3.59. The molecule has 0 aromatic heterocycles. The van der Waals surface area contributed by atoms with E-state index in [9.17, 15) is 0 Å². The Morgan fingerprint density at radius 1 is 1.10 bits per heavy atom. The van der Waals surface area contributed by atoms with Gasteiger partial charge in [0.1, 0.15) is 0 Å². The number of hydrogen-bond acceptors (Lipinski definition) is 2. The van der Waals surface area contributed by atoms with Crippen molar-refractivity contribution in [3.63, 3.8) is 0 Å². The Kier molecular flexibility index (Phi) is 4.30. The molecular formula is C18H28N2. The molecule has 0 bridgehead atoms. The van der Waals surface area contributed by atoms with Gasteiger partial charge in [-0.3, -0.25) is 0 Å². The van der Waals surface area contributed by atoms with E-state index >= 15 is 0 Å². The third kappa shape index (κ3) is 2.71. The molecule has 1 saturated carbocycles. The Bertz CT molecular complexity index is 455. The quantitative estimate of drug-likeness (QED) is 0.826. The number of hydrogen-bond donors (Lipinski definition) is 1. The molecule has 2 aliphatic rings. The second kappa shape index (κ2) is 6.17. The predicted molar refractivity (Wildman–Crippen MR) is 86.6 cm³/mol. The maximum absolute atomic E-state index is 3.59. The third-order valence-corrected chi connectivity index (χ3v) is 5.14. The predicted octanol–water partition coefficient (Wildman–Crippen LogP) is 3.67. The summed E-state index contributed by atoms with van der Waals surface area (Å²) in [5.74, 6) is 0. The molecule has 2 nitrogen and oxygen atoms in total. The van der Waals surface area contributed by atoms with Gasteiger partial charge in [-0.25, -0.2) is 0 Å². The Morgan fingerprint density at radius 3 is 2.80 bits per heavy atom. The third-order valence-electron chi connectivity index (χ3n) is 5.14. The van der Waals surface area contributed by atoms with Crippen LogP contribution < -0.4 is 10.2 Å². The normalized spacial score (nSPS) is 27.0. The zero-order valence-electron chi connectivity index (χ0n) is 13.0. The fourth-order valence-corrected chi connectivity index (χ4v) is 4.10. The molecule has 2 atom stereocenters. The number of benzene rings is 1. The first-order valence-electron chi connectivity index (χ1n) is 8.33. The van der Waals surface area contributed by atoms with E-state index in [4.69, 9.17) is 0 Å². The fourth-order valence-electron chi connectivity index (χ4n) is 4.10. The van der Waals surface area contributed by atoms with Crippen LogP contribution in [-0.2, 0) is 6.42 Å². The van der Waals surface area contributed by atoms with Crippen molar-refractivity contribution in [1.29, 1.82) is 0 Å². The van der Waals surface area contributed by atoms with Crippen LogP contribution in [0.1, 0.15) is 49.7 Å². The molecule has 1 aliphatic heterocycles. The second-order valence-electron chi connectivity index (χ2n) is 6.53. The number of aryl methyl sites for hydroxylation is 2. The maximum Gasteiger partial charge on any atom is 0.0443 e. The van der Waals surface area contributed by atoms with Crippen molar-refractivity contribution in [3.05, 3.63) is 29.3 Å². The molecule has 1 N–H and O–H groups in total. The van der Waals surface area contributed by atoms with Gasteiger partial charge in [0.25, 0.3) is 0 Å². The van der Waals surface area contributed by atoms with Gasteiger partial charge < -0.3 is 10.2 Å². The topological polar surface area (TPSA) is 15.3 Å². The van der Waals surface area contributed by atoms with Crippen LogP contribution in [0.4, 0.5) is 5.69 Å². The highest BCUT2D eigenvalue weighted by Crippen LogP contribution is 2.33. The molecule has 0 amide bonds. The molecule has 3 rings (SSSR count). The van der Waals surface area contributed by atoms with Crippen molar-refractivity contribution >= 4 is 5.69 Å². The highest BCUT2D eigenvalue weighted by molar-refractivity contribution is 5.57. The van der Waals surface area contributed by atoms with Crippen LogP contribution >= 0.6 is 0 Å². The van der Waals surface area contributed by atoms with Crippen LogP contribution in [0.2, 0.25) is 0 Å². The van der Waals surface area contributed by atoms with E-state index in [1.54, 1.807) is 5.56 Å². The van der Waals surface area contributed by atoms with Gasteiger partial charge in [0, 0.05) is 24.3 Å². The Hall–Kier alpha value is -1.02. The minimum Gasteiger partial charge on any atom is -0.367 e. The largest absolute Gasteiger partial charge is 0.367 e. The first kappa shape index (κ1) is 13.9. The summed E-state index contributed by atoms with van der Waals surface area (Å²) in [6.45, 7) is 3.44. The van der Waals surface area contributed by atoms with Gasteiger partial charge in [0.15, 0.2) is 0 Å². The number of anilines is 1. The first-order chi connectivity index (χ1) is 9.79. The van der Waals surface area contributed by atoms with Crippen LogP contribution in [0.3, 0.4) is 0 Å². The van der Waals surface area contributed by atoms with E-state index in [1.165, 1.54) is 62.7 Å². The average Bonchev–Trinajstić information content (AvgIpc) is 2.71. The standard InChI is InChI=1S/C18H28N2/c1-14-10-11-17-15(13-14)7-6-12-20(17)18-9-5-3-4-8-16(18)19-2/h10-11,13,16,18-19H,3-9,12H2,1-2H3. The van der Waals surface area contributed by atoms with E-state index in [-0.39, 0.29) is 0 Å². The molecule has 20 heavy (non-hydrogen) atoms. The molecule has 2 unspecified atom stereocenters. The molecule has 1 fully saturated rings. The summed E-state index contributed by atoms with van der Waals surface area (Å²) in [4.78, 5) is 2.71. The van der Waals surface area contributed by atoms with Crippen molar-refractivity contribution in [2.24, 2.45) is 0 Å². The summed E-state index contributed by atoms with van der Waals surface area (Å²) < 4.78 is 0. The second-order valence-corrected chi connectivity index (χ2v) is 6.53. The lowest BCUT2D eigenvalue weighted by atomic mass is 9.94. The number of nitrogens with one attached hydrogen (secondary N) is 1. The molecule has 0 spiro atoms. The van der Waals surface area contributed by atoms with E-state index in [0.717, 1.165) is 0 Å². The van der Waals surface area contributed by atoms with Crippen LogP contribution in [0, 0.1) is 6.92 Å². The summed E-state index contributed by atoms with van der Waals surface area (Å²) in [5, 5.41) is 3.59. The van der Waals surface area contributed by atoms with Gasteiger partial charge in [-0.2, -0.15) is 0 Å². The summed E-state index contributed by atoms with van der Waals surface area (Å²) in [5.41, 5.74) is 4.47. The summed E-state index contributed by atoms with van der Waals surface area (Å²) in [6.07, 6.45) is 9.42. The van der Waals surface area contributed by atoms with Gasteiger partial charge in [-0.05, 0) is 51.3 Å². The molecular weight excluding hydrogens is 244 g/mol. The highest BCUT2D eigenvalue weighted by atomic mass is 15.2. The van der Waals surface area contributed by atoms with Crippen molar-refractivity contribution < 1.29 is 0 Å². The minimum absolute atomic E-state index is 0.657. The fraction of sp³-hybridized carbons (Fsp3) is 0.667. The molecule has 2 heteroatoms. The highest BCUT2D eigenvalue weighted by Gasteiger charge is 2.30. The Balaban J connectivity index is 1.90. The van der Waals surface area contributed by atoms with Gasteiger partial charge in [0.05, 0.1) is 0 Å². The van der Waals surface area contributed by atoms with Crippen molar-refractivity contribution in [1.82, 2.24) is 5.32 Å². The van der Waals surface area contributed by atoms with Crippen LogP contribution in [0.5, 0.6) is 0 Å². The minimum atomic E-state index is 0.657. The van der Waals surface area contributed by atoms with Gasteiger partial charge >= 0.3 is 0 Å². The van der Waals surface area contributed by atoms with Gasteiger partial charge in [-0.15, -0.1) is 0 Å². The summed E-state index contributed by atoms with van der Waals surface area (Å²) in [7, 11) is 2.14. The first-order valence-corrected chi connectivity index (χ1v) is 8.33. The lowest BCUT2D eigenvalue weighted by Crippen LogP contribution is -2.50. The van der Waals surface area contributed by atoms with Crippen molar-refractivity contribution in [3.8, 4) is 0 Å². The molecule has 1 heterocycles. The summed E-state index contributed by atoms with van der Waals surface area (Å²) in [6, 6.07) is 8.38. The number of rotatable bonds is 2. The molecule has 0 radical (unpaired) electrons. The lowest BCUT2D eigenvalue weighted by molar-refractivity contribution is 0.403. The van der Waals surface area contributed by atoms with E-state index in [0.29, 0.717) is 12.1 Å². The van der Waals surface area contributed by atoms with E-state index in [1.807, 2.05) is 0 Å². The molecule has 110 valence electrons. The van der Waals surface area contributed by atoms with Crippen LogP contribution in [0.25, 0.3) is 0 Å². The Morgan fingerprint density at radius 2 is 1.95 bits per heavy atom. The molecule has 1 aliphatic carbocycles. The molecule has 1 aromatic rings. The number of nitrogens with zero attached hydrogens (tertiary/aromatic N) is 1. The van der Waals surface area contributed by atoms with E-state index < -0.39 is 0 Å². The molecule has 1 aromatic carbocycles. The Labute approximate surface area is 123 Å². The average molecular weight is 272 g/mol. The molecule has 0 saturated heterocycles. The van der Waals surface area contributed by atoms with Crippen molar-refractivity contribution in [2.75, 3.05) is 18.5 Å². The lowest BCUT2D eigenvalue weighted by Gasteiger charge is -2.41. The smallest absolute Gasteiger partial charge is 0.0443 e. The van der Waals surface area contributed by atoms with Gasteiger partial charge in [0.2, 0.25) is 0 Å². The number of fused-ring (bicyclic) bond motifs is 1. The van der Waals surface area contributed by atoms with Crippen LogP contribution in [0.15, 0.2) is 18.2 Å². The number of likely N-dealkylation sites (N-methyl/N-ethyl adjacent to an activating group) is 1. The van der Waals surface area contributed by atoms with Crippen LogP contribution in [-0.4, -0.2) is 25.7 Å². The van der Waals surface area contributed by atoms with Gasteiger partial charge in [-0.1, -0.05) is 37.0 Å². The van der Waals surface area contributed by atoms with Crippen molar-refractivity contribution in [2.45, 2.75) is 64.0 Å². The zero-order chi connectivity index (χ0) is 13.9. The summed E-state index contributed by atoms with van der Waals surface area (Å²) >= 11 is 0. The zero-order valence-corrected chi connectivity index (χ0v) is 13.0. The SMILES string of the molecule is CNC1CCCCCC1N1CCCc2cc(C)ccc21. The monoisotopic (exact) mass is 272 g/mol.